The molecular weight excluding hydrogens is 368 g/mol. The van der Waals surface area contributed by atoms with Gasteiger partial charge in [0.05, 0.1) is 5.69 Å². The lowest BCUT2D eigenvalue weighted by Gasteiger charge is -2.47. The number of piperidine rings is 2. The first-order valence-electron chi connectivity index (χ1n) is 10.4. The molecule has 29 heavy (non-hydrogen) atoms. The molecule has 0 saturated carbocycles. The summed E-state index contributed by atoms with van der Waals surface area (Å²) in [6.45, 7) is 6.57. The fraction of sp³-hybridized carbons (Fsp3) is 0.545. The van der Waals surface area contributed by atoms with Gasteiger partial charge in [-0.25, -0.2) is 0 Å². The number of hydrogen-bond donors (Lipinski definition) is 0. The number of carbonyl (C=O) groups excluding carboxylic acids is 2. The number of carbonyl (C=O) groups is 2. The highest BCUT2D eigenvalue weighted by Crippen LogP contribution is 2.40. The smallest absolute Gasteiger partial charge is 0.259 e. The van der Waals surface area contributed by atoms with E-state index in [4.69, 9.17) is 4.52 Å². The summed E-state index contributed by atoms with van der Waals surface area (Å²) in [6.07, 6.45) is 7.82. The van der Waals surface area contributed by atoms with Crippen molar-refractivity contribution in [3.05, 3.63) is 47.1 Å². The molecule has 0 N–H and O–H groups in total. The van der Waals surface area contributed by atoms with Crippen molar-refractivity contribution in [3.63, 3.8) is 0 Å². The molecule has 0 aliphatic carbocycles. The molecule has 2 aliphatic rings. The molecular formula is C22H28N4O3. The Morgan fingerprint density at radius 2 is 1.90 bits per heavy atom. The van der Waals surface area contributed by atoms with Crippen LogP contribution in [-0.4, -0.2) is 57.9 Å². The summed E-state index contributed by atoms with van der Waals surface area (Å²) in [4.78, 5) is 33.4. The summed E-state index contributed by atoms with van der Waals surface area (Å²) in [5, 5.41) is 3.91. The van der Waals surface area contributed by atoms with Gasteiger partial charge in [-0.2, -0.15) is 0 Å². The van der Waals surface area contributed by atoms with E-state index >= 15 is 0 Å². The van der Waals surface area contributed by atoms with Gasteiger partial charge in [-0.05, 0) is 62.6 Å². The zero-order chi connectivity index (χ0) is 20.4. The SMILES string of the molecule is Cc1noc(C)c1C(=O)N1CCC2(CCC(=O)N(CCc3ccncc3)C2)CC1. The molecule has 2 amide bonds. The average Bonchev–Trinajstić information content (AvgIpc) is 3.08. The standard InChI is InChI=1S/C22H28N4O3/c1-16-20(17(2)29-24-16)21(28)25-13-8-22(9-14-25)7-3-19(27)26(15-22)12-6-18-4-10-23-11-5-18/h4-5,10-11H,3,6-9,12-15H2,1-2H3. The predicted molar refractivity (Wildman–Crippen MR) is 107 cm³/mol. The van der Waals surface area contributed by atoms with Gasteiger partial charge in [-0.15, -0.1) is 0 Å². The number of nitrogens with zero attached hydrogens (tertiary/aromatic N) is 4. The summed E-state index contributed by atoms with van der Waals surface area (Å²) in [6, 6.07) is 4.01. The van der Waals surface area contributed by atoms with Crippen LogP contribution in [0.2, 0.25) is 0 Å². The largest absolute Gasteiger partial charge is 0.361 e. The van der Waals surface area contributed by atoms with E-state index in [-0.39, 0.29) is 17.2 Å². The molecule has 0 unspecified atom stereocenters. The zero-order valence-corrected chi connectivity index (χ0v) is 17.2. The maximum absolute atomic E-state index is 12.9. The Labute approximate surface area is 171 Å². The molecule has 154 valence electrons. The van der Waals surface area contributed by atoms with Gasteiger partial charge in [-0.1, -0.05) is 5.16 Å². The molecule has 1 spiro atoms. The van der Waals surface area contributed by atoms with Crippen molar-refractivity contribution < 1.29 is 14.1 Å². The summed E-state index contributed by atoms with van der Waals surface area (Å²) < 4.78 is 5.16. The van der Waals surface area contributed by atoms with E-state index in [2.05, 4.69) is 10.1 Å². The fourth-order valence-corrected chi connectivity index (χ4v) is 4.66. The molecule has 4 rings (SSSR count). The zero-order valence-electron chi connectivity index (χ0n) is 17.2. The normalized spacial score (nSPS) is 19.0. The third-order valence-corrected chi connectivity index (χ3v) is 6.53. The molecule has 0 atom stereocenters. The topological polar surface area (TPSA) is 79.5 Å². The van der Waals surface area contributed by atoms with Crippen LogP contribution in [0.15, 0.2) is 29.0 Å². The fourth-order valence-electron chi connectivity index (χ4n) is 4.66. The quantitative estimate of drug-likeness (QED) is 0.794. The first-order chi connectivity index (χ1) is 14.0. The minimum absolute atomic E-state index is 0.0116. The Morgan fingerprint density at radius 3 is 2.55 bits per heavy atom. The van der Waals surface area contributed by atoms with Gasteiger partial charge in [0, 0.05) is 45.0 Å². The highest BCUT2D eigenvalue weighted by Gasteiger charge is 2.42. The van der Waals surface area contributed by atoms with Gasteiger partial charge in [0.2, 0.25) is 5.91 Å². The Balaban J connectivity index is 1.37. The maximum atomic E-state index is 12.9. The minimum atomic E-state index is 0.0116. The van der Waals surface area contributed by atoms with Crippen LogP contribution in [0.1, 0.15) is 53.1 Å². The molecule has 2 fully saturated rings. The molecule has 2 aliphatic heterocycles. The monoisotopic (exact) mass is 396 g/mol. The highest BCUT2D eigenvalue weighted by atomic mass is 16.5. The molecule has 2 aromatic heterocycles. The summed E-state index contributed by atoms with van der Waals surface area (Å²) in [5.74, 6) is 0.842. The van der Waals surface area contributed by atoms with Crippen LogP contribution in [0.4, 0.5) is 0 Å². The first-order valence-corrected chi connectivity index (χ1v) is 10.4. The van der Waals surface area contributed by atoms with Crippen LogP contribution in [0.5, 0.6) is 0 Å². The second-order valence-electron chi connectivity index (χ2n) is 8.41. The number of aromatic nitrogens is 2. The van der Waals surface area contributed by atoms with Gasteiger partial charge in [-0.3, -0.25) is 14.6 Å². The predicted octanol–water partition coefficient (Wildman–Crippen LogP) is 2.77. The number of rotatable bonds is 4. The summed E-state index contributed by atoms with van der Waals surface area (Å²) in [7, 11) is 0. The third kappa shape index (κ3) is 4.04. The lowest BCUT2D eigenvalue weighted by Crippen LogP contribution is -2.52. The van der Waals surface area contributed by atoms with Crippen molar-refractivity contribution >= 4 is 11.8 Å². The van der Waals surface area contributed by atoms with Gasteiger partial charge >= 0.3 is 0 Å². The maximum Gasteiger partial charge on any atom is 0.259 e. The van der Waals surface area contributed by atoms with Crippen molar-refractivity contribution in [1.82, 2.24) is 19.9 Å². The van der Waals surface area contributed by atoms with Crippen LogP contribution in [0.25, 0.3) is 0 Å². The van der Waals surface area contributed by atoms with Gasteiger partial charge in [0.15, 0.2) is 0 Å². The van der Waals surface area contributed by atoms with Crippen LogP contribution < -0.4 is 0 Å². The Kier molecular flexibility index (Phi) is 5.39. The van der Waals surface area contributed by atoms with E-state index in [1.165, 1.54) is 5.56 Å². The van der Waals surface area contributed by atoms with E-state index in [0.717, 1.165) is 51.9 Å². The molecule has 2 saturated heterocycles. The molecule has 7 heteroatoms. The Hall–Kier alpha value is -2.70. The van der Waals surface area contributed by atoms with E-state index < -0.39 is 0 Å². The van der Waals surface area contributed by atoms with E-state index in [9.17, 15) is 9.59 Å². The van der Waals surface area contributed by atoms with Crippen molar-refractivity contribution in [3.8, 4) is 0 Å². The molecule has 4 heterocycles. The number of likely N-dealkylation sites (tertiary alicyclic amines) is 2. The lowest BCUT2D eigenvalue weighted by atomic mass is 9.72. The van der Waals surface area contributed by atoms with Crippen LogP contribution in [0, 0.1) is 19.3 Å². The van der Waals surface area contributed by atoms with Crippen LogP contribution in [-0.2, 0) is 11.2 Å². The lowest BCUT2D eigenvalue weighted by molar-refractivity contribution is -0.138. The molecule has 0 bridgehead atoms. The molecule has 0 radical (unpaired) electrons. The number of aryl methyl sites for hydroxylation is 2. The molecule has 2 aromatic rings. The van der Waals surface area contributed by atoms with Crippen molar-refractivity contribution in [2.45, 2.75) is 46.0 Å². The third-order valence-electron chi connectivity index (χ3n) is 6.53. The second kappa shape index (κ2) is 7.97. The van der Waals surface area contributed by atoms with E-state index in [0.29, 0.717) is 23.4 Å². The second-order valence-corrected chi connectivity index (χ2v) is 8.41. The van der Waals surface area contributed by atoms with Crippen molar-refractivity contribution in [2.75, 3.05) is 26.2 Å². The minimum Gasteiger partial charge on any atom is -0.361 e. The van der Waals surface area contributed by atoms with E-state index in [1.807, 2.05) is 28.9 Å². The highest BCUT2D eigenvalue weighted by molar-refractivity contribution is 5.96. The molecule has 7 nitrogen and oxygen atoms in total. The first kappa shape index (κ1) is 19.6. The van der Waals surface area contributed by atoms with Gasteiger partial charge in [0.1, 0.15) is 11.3 Å². The Bertz CT molecular complexity index is 865. The summed E-state index contributed by atoms with van der Waals surface area (Å²) >= 11 is 0. The van der Waals surface area contributed by atoms with E-state index in [1.54, 1.807) is 19.3 Å². The Morgan fingerprint density at radius 1 is 1.17 bits per heavy atom. The summed E-state index contributed by atoms with van der Waals surface area (Å²) in [5.41, 5.74) is 2.58. The number of hydrogen-bond acceptors (Lipinski definition) is 5. The van der Waals surface area contributed by atoms with Crippen LogP contribution in [0.3, 0.4) is 0 Å². The van der Waals surface area contributed by atoms with Crippen molar-refractivity contribution in [1.29, 1.82) is 0 Å². The van der Waals surface area contributed by atoms with Crippen LogP contribution >= 0.6 is 0 Å². The van der Waals surface area contributed by atoms with Gasteiger partial charge < -0.3 is 14.3 Å². The molecule has 0 aromatic carbocycles. The number of pyridine rings is 1. The average molecular weight is 396 g/mol. The van der Waals surface area contributed by atoms with Crippen molar-refractivity contribution in [2.24, 2.45) is 5.41 Å². The number of amides is 2. The van der Waals surface area contributed by atoms with Gasteiger partial charge in [0.25, 0.3) is 5.91 Å².